The van der Waals surface area contributed by atoms with Crippen LogP contribution < -0.4 is 5.32 Å². The maximum atomic E-state index is 6.09. The van der Waals surface area contributed by atoms with Crippen LogP contribution in [0.5, 0.6) is 0 Å². The van der Waals surface area contributed by atoms with Crippen LogP contribution in [-0.2, 0) is 14.2 Å². The fourth-order valence-corrected chi connectivity index (χ4v) is 2.61. The van der Waals surface area contributed by atoms with Crippen molar-refractivity contribution >= 4 is 0 Å². The fourth-order valence-electron chi connectivity index (χ4n) is 2.61. The number of nitrogens with one attached hydrogen (secondary N) is 1. The molecule has 4 nitrogen and oxygen atoms in total. The molecule has 2 rings (SSSR count). The van der Waals surface area contributed by atoms with Crippen LogP contribution in [0.4, 0.5) is 0 Å². The fraction of sp³-hybridized carbons (Fsp3) is 1.00. The smallest absolute Gasteiger partial charge is 0.0961 e. The minimum Gasteiger partial charge on any atom is -0.381 e. The first-order valence-corrected chi connectivity index (χ1v) is 7.40. The van der Waals surface area contributed by atoms with Crippen molar-refractivity contribution in [3.63, 3.8) is 0 Å². The second-order valence-electron chi connectivity index (χ2n) is 5.35. The molecule has 2 unspecified atom stereocenters. The lowest BCUT2D eigenvalue weighted by molar-refractivity contribution is -0.0861. The third kappa shape index (κ3) is 4.50. The molecule has 0 saturated carbocycles. The van der Waals surface area contributed by atoms with Gasteiger partial charge in [0, 0.05) is 25.9 Å². The maximum Gasteiger partial charge on any atom is 0.0961 e. The monoisotopic (exact) mass is 257 g/mol. The molecule has 1 N–H and O–H groups in total. The number of hydrogen-bond acceptors (Lipinski definition) is 4. The van der Waals surface area contributed by atoms with Crippen molar-refractivity contribution in [3.8, 4) is 0 Å². The van der Waals surface area contributed by atoms with Crippen molar-refractivity contribution < 1.29 is 14.2 Å². The van der Waals surface area contributed by atoms with Gasteiger partial charge in [-0.3, -0.25) is 0 Å². The quantitative estimate of drug-likeness (QED) is 0.784. The summed E-state index contributed by atoms with van der Waals surface area (Å²) in [5.74, 6) is 0.674. The molecule has 0 amide bonds. The Morgan fingerprint density at radius 1 is 1.11 bits per heavy atom. The predicted molar refractivity (Wildman–Crippen MR) is 70.8 cm³/mol. The van der Waals surface area contributed by atoms with Gasteiger partial charge in [0.25, 0.3) is 0 Å². The SMILES string of the molecule is CCCNC1CCOCC1OCC1CCOCC1. The van der Waals surface area contributed by atoms with Crippen molar-refractivity contribution in [3.05, 3.63) is 0 Å². The highest BCUT2D eigenvalue weighted by Gasteiger charge is 2.27. The molecule has 2 heterocycles. The summed E-state index contributed by atoms with van der Waals surface area (Å²) in [6, 6.07) is 0.471. The first-order valence-electron chi connectivity index (χ1n) is 7.40. The summed E-state index contributed by atoms with van der Waals surface area (Å²) >= 11 is 0. The van der Waals surface area contributed by atoms with E-state index in [1.54, 1.807) is 0 Å². The molecule has 2 fully saturated rings. The van der Waals surface area contributed by atoms with Gasteiger partial charge in [-0.25, -0.2) is 0 Å². The van der Waals surface area contributed by atoms with E-state index in [9.17, 15) is 0 Å². The molecule has 0 aromatic carbocycles. The number of rotatable bonds is 6. The molecule has 0 radical (unpaired) electrons. The number of hydrogen-bond donors (Lipinski definition) is 1. The first kappa shape index (κ1) is 14.3. The van der Waals surface area contributed by atoms with E-state index in [0.717, 1.165) is 58.8 Å². The Bertz CT molecular complexity index is 219. The van der Waals surface area contributed by atoms with Gasteiger partial charge in [-0.15, -0.1) is 0 Å². The third-order valence-electron chi connectivity index (χ3n) is 3.85. The van der Waals surface area contributed by atoms with Crippen molar-refractivity contribution in [2.75, 3.05) is 39.6 Å². The van der Waals surface area contributed by atoms with Gasteiger partial charge in [0.2, 0.25) is 0 Å². The van der Waals surface area contributed by atoms with Crippen molar-refractivity contribution in [1.82, 2.24) is 5.32 Å². The maximum absolute atomic E-state index is 6.09. The Labute approximate surface area is 110 Å². The normalized spacial score (nSPS) is 30.5. The molecule has 0 aromatic heterocycles. The van der Waals surface area contributed by atoms with Gasteiger partial charge in [0.1, 0.15) is 0 Å². The third-order valence-corrected chi connectivity index (χ3v) is 3.85. The summed E-state index contributed by atoms with van der Waals surface area (Å²) in [5, 5.41) is 3.58. The average Bonchev–Trinajstić information content (AvgIpc) is 2.45. The summed E-state index contributed by atoms with van der Waals surface area (Å²) in [5.41, 5.74) is 0. The molecular formula is C14H27NO3. The van der Waals surface area contributed by atoms with Crippen molar-refractivity contribution in [2.24, 2.45) is 5.92 Å². The van der Waals surface area contributed by atoms with E-state index in [4.69, 9.17) is 14.2 Å². The van der Waals surface area contributed by atoms with Gasteiger partial charge >= 0.3 is 0 Å². The van der Waals surface area contributed by atoms with Crippen LogP contribution in [0.3, 0.4) is 0 Å². The van der Waals surface area contributed by atoms with E-state index in [1.165, 1.54) is 6.42 Å². The van der Waals surface area contributed by atoms with Gasteiger partial charge in [-0.2, -0.15) is 0 Å². The van der Waals surface area contributed by atoms with Crippen LogP contribution in [0, 0.1) is 5.92 Å². The molecular weight excluding hydrogens is 230 g/mol. The van der Waals surface area contributed by atoms with Crippen LogP contribution in [-0.4, -0.2) is 51.7 Å². The second-order valence-corrected chi connectivity index (χ2v) is 5.35. The largest absolute Gasteiger partial charge is 0.381 e. The van der Waals surface area contributed by atoms with E-state index in [-0.39, 0.29) is 6.10 Å². The van der Waals surface area contributed by atoms with E-state index in [0.29, 0.717) is 12.0 Å². The Morgan fingerprint density at radius 2 is 1.89 bits per heavy atom. The molecule has 2 atom stereocenters. The molecule has 0 spiro atoms. The highest BCUT2D eigenvalue weighted by atomic mass is 16.5. The van der Waals surface area contributed by atoms with Gasteiger partial charge in [-0.1, -0.05) is 6.92 Å². The summed E-state index contributed by atoms with van der Waals surface area (Å²) in [4.78, 5) is 0. The zero-order valence-corrected chi connectivity index (χ0v) is 11.5. The van der Waals surface area contributed by atoms with E-state index < -0.39 is 0 Å². The average molecular weight is 257 g/mol. The van der Waals surface area contributed by atoms with Crippen molar-refractivity contribution in [2.45, 2.75) is 44.8 Å². The van der Waals surface area contributed by atoms with Gasteiger partial charge in [-0.05, 0) is 38.1 Å². The minimum atomic E-state index is 0.230. The van der Waals surface area contributed by atoms with Crippen LogP contribution in [0.2, 0.25) is 0 Å². The Balaban J connectivity index is 1.70. The lowest BCUT2D eigenvalue weighted by atomic mass is 10.0. The molecule has 0 aromatic rings. The topological polar surface area (TPSA) is 39.7 Å². The summed E-state index contributed by atoms with van der Waals surface area (Å²) in [6.07, 6.45) is 4.75. The van der Waals surface area contributed by atoms with Crippen LogP contribution >= 0.6 is 0 Å². The summed E-state index contributed by atoms with van der Waals surface area (Å²) < 4.78 is 17.0. The molecule has 0 aliphatic carbocycles. The Morgan fingerprint density at radius 3 is 2.67 bits per heavy atom. The van der Waals surface area contributed by atoms with Crippen LogP contribution in [0.25, 0.3) is 0 Å². The molecule has 2 saturated heterocycles. The summed E-state index contributed by atoms with van der Waals surface area (Å²) in [7, 11) is 0. The second kappa shape index (κ2) is 8.10. The highest BCUT2D eigenvalue weighted by molar-refractivity contribution is 4.81. The zero-order chi connectivity index (χ0) is 12.6. The lowest BCUT2D eigenvalue weighted by Crippen LogP contribution is -2.48. The van der Waals surface area contributed by atoms with Gasteiger partial charge < -0.3 is 19.5 Å². The number of ether oxygens (including phenoxy) is 3. The van der Waals surface area contributed by atoms with Gasteiger partial charge in [0.15, 0.2) is 0 Å². The lowest BCUT2D eigenvalue weighted by Gasteiger charge is -2.33. The Hall–Kier alpha value is -0.160. The standard InChI is InChI=1S/C14H27NO3/c1-2-6-15-13-5-9-17-11-14(13)18-10-12-3-7-16-8-4-12/h12-15H,2-11H2,1H3. The highest BCUT2D eigenvalue weighted by Crippen LogP contribution is 2.18. The zero-order valence-electron chi connectivity index (χ0n) is 11.5. The minimum absolute atomic E-state index is 0.230. The van der Waals surface area contributed by atoms with Crippen LogP contribution in [0.1, 0.15) is 32.6 Å². The Kier molecular flexibility index (Phi) is 6.41. The van der Waals surface area contributed by atoms with Crippen molar-refractivity contribution in [1.29, 1.82) is 0 Å². The molecule has 2 aliphatic rings. The van der Waals surface area contributed by atoms with Crippen LogP contribution in [0.15, 0.2) is 0 Å². The molecule has 18 heavy (non-hydrogen) atoms. The molecule has 2 aliphatic heterocycles. The molecule has 0 bridgehead atoms. The van der Waals surface area contributed by atoms with E-state index in [1.807, 2.05) is 0 Å². The van der Waals surface area contributed by atoms with Gasteiger partial charge in [0.05, 0.1) is 19.3 Å². The molecule has 106 valence electrons. The predicted octanol–water partition coefficient (Wildman–Crippen LogP) is 1.59. The summed E-state index contributed by atoms with van der Waals surface area (Å²) in [6.45, 7) is 7.52. The first-order chi connectivity index (χ1) is 8.90. The van der Waals surface area contributed by atoms with E-state index in [2.05, 4.69) is 12.2 Å². The molecule has 4 heteroatoms. The van der Waals surface area contributed by atoms with E-state index >= 15 is 0 Å².